The first-order chi connectivity index (χ1) is 32.1. The maximum absolute atomic E-state index is 7.91. The number of ether oxygens (including phenoxy) is 2. The summed E-state index contributed by atoms with van der Waals surface area (Å²) in [5.74, 6) is 2.49. The van der Waals surface area contributed by atoms with E-state index in [1.807, 2.05) is 58.8 Å². The van der Waals surface area contributed by atoms with Crippen LogP contribution in [0.3, 0.4) is 0 Å². The van der Waals surface area contributed by atoms with Crippen LogP contribution in [0.5, 0.6) is 0 Å². The molecule has 0 saturated carbocycles. The molecular formula is C53H72N4O2S7. The van der Waals surface area contributed by atoms with Gasteiger partial charge in [-0.05, 0) is 66.7 Å². The molecule has 4 saturated heterocycles. The van der Waals surface area contributed by atoms with Crippen LogP contribution in [0.4, 0.5) is 0 Å². The average molecular weight is 1020 g/mol. The second kappa shape index (κ2) is 24.0. The molecule has 66 heavy (non-hydrogen) atoms. The zero-order valence-electron chi connectivity index (χ0n) is 39.4. The molecule has 0 aliphatic carbocycles. The highest BCUT2D eigenvalue weighted by Gasteiger charge is 2.64. The van der Waals surface area contributed by atoms with Crippen LogP contribution in [0.15, 0.2) is 121 Å². The van der Waals surface area contributed by atoms with Crippen molar-refractivity contribution in [1.82, 2.24) is 16.0 Å². The van der Waals surface area contributed by atoms with Gasteiger partial charge in [0.15, 0.2) is 4.20 Å². The lowest BCUT2D eigenvalue weighted by molar-refractivity contribution is -0.169. The van der Waals surface area contributed by atoms with Crippen LogP contribution in [-0.4, -0.2) is 85.0 Å². The maximum atomic E-state index is 7.91. The number of nitrogens with one attached hydrogen (secondary N) is 3. The van der Waals surface area contributed by atoms with Crippen molar-refractivity contribution in [3.8, 4) is 0 Å². The molecule has 358 valence electrons. The summed E-state index contributed by atoms with van der Waals surface area (Å²) in [7, 11) is 0. The number of hydrogen-bond donors (Lipinski definition) is 4. The van der Waals surface area contributed by atoms with Crippen molar-refractivity contribution < 1.29 is 9.47 Å². The quantitative estimate of drug-likeness (QED) is 0.0533. The molecule has 4 aromatic carbocycles. The van der Waals surface area contributed by atoms with E-state index < -0.39 is 18.4 Å². The Hall–Kier alpha value is -0.910. The highest BCUT2D eigenvalue weighted by Crippen LogP contribution is 2.64. The molecule has 0 spiro atoms. The van der Waals surface area contributed by atoms with Gasteiger partial charge >= 0.3 is 0 Å². The lowest BCUT2D eigenvalue weighted by Crippen LogP contribution is -2.69. The van der Waals surface area contributed by atoms with Gasteiger partial charge in [0.25, 0.3) is 0 Å². The largest absolute Gasteiger partial charge is 0.344 e. The third-order valence-corrected chi connectivity index (χ3v) is 25.2. The van der Waals surface area contributed by atoms with Gasteiger partial charge in [0.2, 0.25) is 5.79 Å². The number of rotatable bonds is 23. The monoisotopic (exact) mass is 1020 g/mol. The number of thioether (sulfide) groups is 7. The first-order valence-electron chi connectivity index (χ1n) is 24.1. The van der Waals surface area contributed by atoms with E-state index in [0.717, 1.165) is 43.1 Å². The highest BCUT2D eigenvalue weighted by atomic mass is 32.2. The molecule has 0 radical (unpaired) electrons. The van der Waals surface area contributed by atoms with Crippen LogP contribution >= 0.6 is 82.3 Å². The summed E-state index contributed by atoms with van der Waals surface area (Å²) < 4.78 is 12.6. The van der Waals surface area contributed by atoms with Crippen molar-refractivity contribution in [3.63, 3.8) is 0 Å². The molecule has 0 bridgehead atoms. The maximum Gasteiger partial charge on any atom is 0.210 e. The zero-order valence-corrected chi connectivity index (χ0v) is 45.1. The average Bonchev–Trinajstić information content (AvgIpc) is 4.18. The van der Waals surface area contributed by atoms with Crippen molar-refractivity contribution >= 4 is 82.3 Å². The van der Waals surface area contributed by atoms with Gasteiger partial charge in [-0.2, -0.15) is 11.8 Å². The lowest BCUT2D eigenvalue weighted by atomic mass is 9.99. The molecule has 0 aromatic heterocycles. The van der Waals surface area contributed by atoms with Crippen molar-refractivity contribution in [2.24, 2.45) is 11.7 Å². The number of benzene rings is 4. The Kier molecular flexibility index (Phi) is 18.7. The molecule has 3 unspecified atom stereocenters. The van der Waals surface area contributed by atoms with Gasteiger partial charge in [-0.1, -0.05) is 155 Å². The summed E-state index contributed by atoms with van der Waals surface area (Å²) in [6.07, 6.45) is 8.27. The predicted molar refractivity (Wildman–Crippen MR) is 297 cm³/mol. The van der Waals surface area contributed by atoms with Crippen LogP contribution in [0.2, 0.25) is 0 Å². The fraction of sp³-hybridized carbons (Fsp3) is 0.547. The topological polar surface area (TPSA) is 80.6 Å². The van der Waals surface area contributed by atoms with Crippen LogP contribution in [0, 0.1) is 5.92 Å². The third-order valence-electron chi connectivity index (χ3n) is 13.4. The molecule has 4 aliphatic rings. The second-order valence-electron chi connectivity index (χ2n) is 18.6. The molecular weight excluding hydrogens is 949 g/mol. The van der Waals surface area contributed by atoms with Gasteiger partial charge < -0.3 is 20.5 Å². The van der Waals surface area contributed by atoms with Crippen molar-refractivity contribution in [3.05, 3.63) is 144 Å². The van der Waals surface area contributed by atoms with Gasteiger partial charge in [0.1, 0.15) is 8.41 Å². The van der Waals surface area contributed by atoms with Gasteiger partial charge in [-0.3, -0.25) is 10.6 Å². The highest BCUT2D eigenvalue weighted by molar-refractivity contribution is 8.22. The lowest BCUT2D eigenvalue weighted by Gasteiger charge is -2.50. The fourth-order valence-corrected chi connectivity index (χ4v) is 21.2. The van der Waals surface area contributed by atoms with E-state index in [1.54, 1.807) is 0 Å². The van der Waals surface area contributed by atoms with Crippen LogP contribution in [0.1, 0.15) is 97.8 Å². The minimum Gasteiger partial charge on any atom is -0.344 e. The summed E-state index contributed by atoms with van der Waals surface area (Å²) in [5, 5.41) is 14.7. The van der Waals surface area contributed by atoms with E-state index >= 15 is 0 Å². The van der Waals surface area contributed by atoms with Crippen LogP contribution < -0.4 is 21.7 Å². The van der Waals surface area contributed by atoms with Gasteiger partial charge in [0.05, 0.1) is 13.2 Å². The molecule has 13 heteroatoms. The van der Waals surface area contributed by atoms with Crippen molar-refractivity contribution in [2.45, 2.75) is 124 Å². The Morgan fingerprint density at radius 3 is 1.79 bits per heavy atom. The summed E-state index contributed by atoms with van der Waals surface area (Å²) >= 11 is 14.2. The van der Waals surface area contributed by atoms with Crippen molar-refractivity contribution in [2.75, 3.05) is 43.3 Å². The van der Waals surface area contributed by atoms with Crippen molar-refractivity contribution in [1.29, 1.82) is 0 Å². The molecule has 4 fully saturated rings. The zero-order chi connectivity index (χ0) is 46.0. The standard InChI is InChI=1S/C53H72N4O2S7/c1-6-20-44(39(4)60-5)55-30-19-29-48(51(54)61-35-45(64-51)41-23-13-8-14-24-41)56-52(62-36-46(65-52)42-25-15-9-16-26-42)49(33-38(2)3)57-53(63-37-47(66-53)43-27-17-10-18-28-43)50(58-31-32-59-50)34-40-21-11-7-12-22-40/h7-18,21-28,38-39,44-49,55-57H,6,19-20,29-37,54H2,1-5H3/t39-,44-,45?,46?,47?,48-,49-,51+,52+,53-/m0/s1. The van der Waals surface area contributed by atoms with Gasteiger partial charge in [-0.15, -0.1) is 70.6 Å². The Labute approximate surface area is 426 Å². The summed E-state index contributed by atoms with van der Waals surface area (Å²) in [4.78, 5) is 0. The molecule has 0 amide bonds. The first kappa shape index (κ1) is 51.4. The van der Waals surface area contributed by atoms with Crippen LogP contribution in [0.25, 0.3) is 0 Å². The van der Waals surface area contributed by atoms with E-state index in [2.05, 4.69) is 195 Å². The molecule has 5 N–H and O–H groups in total. The van der Waals surface area contributed by atoms with Gasteiger partial charge in [-0.25, -0.2) is 0 Å². The summed E-state index contributed by atoms with van der Waals surface area (Å²) in [6.45, 7) is 11.6. The fourth-order valence-electron chi connectivity index (χ4n) is 9.79. The molecule has 4 aliphatic heterocycles. The minimum absolute atomic E-state index is 0.0260. The predicted octanol–water partition coefficient (Wildman–Crippen LogP) is 12.8. The first-order valence-corrected chi connectivity index (χ1v) is 31.0. The molecule has 10 atom stereocenters. The Morgan fingerprint density at radius 2 is 1.21 bits per heavy atom. The Balaban J connectivity index is 1.19. The Morgan fingerprint density at radius 1 is 0.667 bits per heavy atom. The normalized spacial score (nSPS) is 29.3. The SMILES string of the molecule is CCC[C@H](NCCC[C@H](N[C@]1([C@H](CC(C)C)N[C@@]2(C3(Cc4ccccc4)OCCO3)SCC(c3ccccc3)S2)SCC(c2ccccc2)S1)[C@@]1(N)SCC(c2ccccc2)S1)[C@H](C)SC. The second-order valence-corrected chi connectivity index (χ2v) is 28.7. The molecule has 4 aromatic rings. The number of nitrogens with two attached hydrogens (primary N) is 1. The Bertz CT molecular complexity index is 2060. The smallest absolute Gasteiger partial charge is 0.210 e. The minimum atomic E-state index is -0.889. The van der Waals surface area contributed by atoms with E-state index in [1.165, 1.54) is 35.1 Å². The number of hydrogen-bond acceptors (Lipinski definition) is 13. The van der Waals surface area contributed by atoms with E-state index in [9.17, 15) is 0 Å². The molecule has 4 heterocycles. The van der Waals surface area contributed by atoms with E-state index in [-0.39, 0.29) is 17.3 Å². The summed E-state index contributed by atoms with van der Waals surface area (Å²) in [5.41, 5.74) is 13.2. The third kappa shape index (κ3) is 12.2. The summed E-state index contributed by atoms with van der Waals surface area (Å²) in [6, 6.07) is 44.7. The van der Waals surface area contributed by atoms with Gasteiger partial charge in [0, 0.05) is 62.8 Å². The van der Waals surface area contributed by atoms with E-state index in [4.69, 9.17) is 15.2 Å². The van der Waals surface area contributed by atoms with Crippen LogP contribution in [-0.2, 0) is 15.9 Å². The van der Waals surface area contributed by atoms with E-state index in [0.29, 0.717) is 47.3 Å². The molecule has 6 nitrogen and oxygen atoms in total. The molecule has 8 rings (SSSR count).